The predicted molar refractivity (Wildman–Crippen MR) is 31.5 cm³/mol. The van der Waals surface area contributed by atoms with Gasteiger partial charge in [0.25, 0.3) is 0 Å². The molecule has 8 heavy (non-hydrogen) atoms. The van der Waals surface area contributed by atoms with Crippen LogP contribution in [0.4, 0.5) is 0 Å². The molecule has 0 aliphatic rings. The molecule has 1 radical (unpaired) electrons. The topological polar surface area (TPSA) is 37.3 Å². The third-order valence-corrected chi connectivity index (χ3v) is 0.812. The molecule has 0 unspecified atom stereocenters. The highest BCUT2D eigenvalue weighted by molar-refractivity contribution is 5.67. The third-order valence-electron chi connectivity index (χ3n) is 0.812. The van der Waals surface area contributed by atoms with Crippen LogP contribution in [0.1, 0.15) is 26.2 Å². The van der Waals surface area contributed by atoms with Gasteiger partial charge in [-0.15, -0.1) is 0 Å². The van der Waals surface area contributed by atoms with Crippen LogP contribution >= 0.6 is 0 Å². The smallest absolute Gasteiger partial charge is 0.303 e. The lowest BCUT2D eigenvalue weighted by atomic mass is 10.2. The predicted octanol–water partition coefficient (Wildman–Crippen LogP) is 1.47. The second-order valence-corrected chi connectivity index (χ2v) is 1.68. The summed E-state index contributed by atoms with van der Waals surface area (Å²) >= 11 is 0. The molecule has 0 saturated carbocycles. The number of carboxylic acid groups (broad SMARTS) is 1. The molecule has 0 aliphatic heterocycles. The normalized spacial score (nSPS) is 9.12. The Balaban J connectivity index is 2.82. The van der Waals surface area contributed by atoms with Crippen LogP contribution in [0.3, 0.4) is 0 Å². The highest BCUT2D eigenvalue weighted by Crippen LogP contribution is 1.95. The van der Waals surface area contributed by atoms with Crippen molar-refractivity contribution in [3.8, 4) is 0 Å². The summed E-state index contributed by atoms with van der Waals surface area (Å²) in [6.45, 7) is 2.03. The van der Waals surface area contributed by atoms with Gasteiger partial charge < -0.3 is 5.11 Å². The van der Waals surface area contributed by atoms with Crippen molar-refractivity contribution >= 4 is 5.97 Å². The zero-order chi connectivity index (χ0) is 6.41. The van der Waals surface area contributed by atoms with Crippen LogP contribution in [0.5, 0.6) is 0 Å². The SMILES string of the molecule is CCC[CH]CC(=O)O. The van der Waals surface area contributed by atoms with Gasteiger partial charge in [0.2, 0.25) is 0 Å². The van der Waals surface area contributed by atoms with E-state index in [0.29, 0.717) is 0 Å². The van der Waals surface area contributed by atoms with Crippen molar-refractivity contribution in [3.05, 3.63) is 6.42 Å². The molecule has 0 aliphatic carbocycles. The van der Waals surface area contributed by atoms with E-state index in [1.54, 1.807) is 6.42 Å². The van der Waals surface area contributed by atoms with Crippen molar-refractivity contribution in [2.75, 3.05) is 0 Å². The maximum Gasteiger partial charge on any atom is 0.303 e. The minimum absolute atomic E-state index is 0.202. The summed E-state index contributed by atoms with van der Waals surface area (Å²) in [4.78, 5) is 9.84. The van der Waals surface area contributed by atoms with E-state index in [4.69, 9.17) is 5.11 Å². The Morgan fingerprint density at radius 2 is 2.38 bits per heavy atom. The summed E-state index contributed by atoms with van der Waals surface area (Å²) in [5.74, 6) is -0.738. The minimum Gasteiger partial charge on any atom is -0.481 e. The van der Waals surface area contributed by atoms with Crippen LogP contribution in [0, 0.1) is 6.42 Å². The van der Waals surface area contributed by atoms with Crippen LogP contribution in [0.2, 0.25) is 0 Å². The summed E-state index contributed by atoms with van der Waals surface area (Å²) < 4.78 is 0. The second kappa shape index (κ2) is 4.62. The minimum atomic E-state index is -0.738. The van der Waals surface area contributed by atoms with Crippen molar-refractivity contribution in [1.29, 1.82) is 0 Å². The molecule has 0 spiro atoms. The largest absolute Gasteiger partial charge is 0.481 e. The van der Waals surface area contributed by atoms with Crippen LogP contribution in [0.25, 0.3) is 0 Å². The molecule has 0 atom stereocenters. The Hall–Kier alpha value is -0.530. The molecule has 0 bridgehead atoms. The first kappa shape index (κ1) is 7.47. The fourth-order valence-electron chi connectivity index (χ4n) is 0.430. The monoisotopic (exact) mass is 115 g/mol. The number of unbranched alkanes of at least 4 members (excludes halogenated alkanes) is 2. The Bertz CT molecular complexity index is 68.9. The molecule has 0 saturated heterocycles. The Labute approximate surface area is 49.5 Å². The zero-order valence-electron chi connectivity index (χ0n) is 5.05. The molecular formula is C6H11O2. The summed E-state index contributed by atoms with van der Waals surface area (Å²) in [7, 11) is 0. The average molecular weight is 115 g/mol. The number of carbonyl (C=O) groups is 1. The molecule has 0 rings (SSSR count). The number of hydrogen-bond acceptors (Lipinski definition) is 1. The van der Waals surface area contributed by atoms with Crippen LogP contribution in [0.15, 0.2) is 0 Å². The van der Waals surface area contributed by atoms with Crippen LogP contribution < -0.4 is 0 Å². The quantitative estimate of drug-likeness (QED) is 0.563. The molecule has 0 heterocycles. The second-order valence-electron chi connectivity index (χ2n) is 1.68. The van der Waals surface area contributed by atoms with Gasteiger partial charge in [0.15, 0.2) is 0 Å². The molecular weight excluding hydrogens is 104 g/mol. The molecule has 0 fully saturated rings. The van der Waals surface area contributed by atoms with E-state index in [0.717, 1.165) is 12.8 Å². The first-order chi connectivity index (χ1) is 3.77. The van der Waals surface area contributed by atoms with Gasteiger partial charge in [0, 0.05) is 6.42 Å². The highest BCUT2D eigenvalue weighted by atomic mass is 16.4. The first-order valence-electron chi connectivity index (χ1n) is 2.80. The van der Waals surface area contributed by atoms with E-state index >= 15 is 0 Å². The fourth-order valence-corrected chi connectivity index (χ4v) is 0.430. The average Bonchev–Trinajstić information content (AvgIpc) is 1.66. The third kappa shape index (κ3) is 5.47. The Morgan fingerprint density at radius 3 is 2.75 bits per heavy atom. The van der Waals surface area contributed by atoms with Crippen molar-refractivity contribution in [1.82, 2.24) is 0 Å². The highest BCUT2D eigenvalue weighted by Gasteiger charge is 1.93. The Morgan fingerprint density at radius 1 is 1.75 bits per heavy atom. The molecule has 2 nitrogen and oxygen atoms in total. The van der Waals surface area contributed by atoms with Crippen LogP contribution in [-0.4, -0.2) is 11.1 Å². The molecule has 2 heteroatoms. The molecule has 1 N–H and O–H groups in total. The molecule has 0 amide bonds. The first-order valence-corrected chi connectivity index (χ1v) is 2.80. The van der Waals surface area contributed by atoms with E-state index in [-0.39, 0.29) is 6.42 Å². The van der Waals surface area contributed by atoms with Crippen molar-refractivity contribution < 1.29 is 9.90 Å². The van der Waals surface area contributed by atoms with E-state index in [9.17, 15) is 4.79 Å². The summed E-state index contributed by atoms with van der Waals surface area (Å²) in [6, 6.07) is 0. The van der Waals surface area contributed by atoms with Gasteiger partial charge in [-0.1, -0.05) is 13.3 Å². The molecule has 47 valence electrons. The van der Waals surface area contributed by atoms with E-state index < -0.39 is 5.97 Å². The van der Waals surface area contributed by atoms with Gasteiger partial charge in [0.05, 0.1) is 0 Å². The van der Waals surface area contributed by atoms with Gasteiger partial charge in [0.1, 0.15) is 0 Å². The summed E-state index contributed by atoms with van der Waals surface area (Å²) in [6.07, 6.45) is 3.93. The number of rotatable bonds is 4. The van der Waals surface area contributed by atoms with Crippen LogP contribution in [-0.2, 0) is 4.79 Å². The lowest BCUT2D eigenvalue weighted by Gasteiger charge is -1.89. The van der Waals surface area contributed by atoms with Crippen molar-refractivity contribution in [3.63, 3.8) is 0 Å². The molecule has 0 aromatic heterocycles. The number of aliphatic carboxylic acids is 1. The molecule has 0 aromatic carbocycles. The van der Waals surface area contributed by atoms with Crippen molar-refractivity contribution in [2.24, 2.45) is 0 Å². The van der Waals surface area contributed by atoms with Gasteiger partial charge in [-0.2, -0.15) is 0 Å². The van der Waals surface area contributed by atoms with Gasteiger partial charge in [-0.05, 0) is 12.8 Å². The zero-order valence-corrected chi connectivity index (χ0v) is 5.05. The van der Waals surface area contributed by atoms with Crippen molar-refractivity contribution in [2.45, 2.75) is 26.2 Å². The fraction of sp³-hybridized carbons (Fsp3) is 0.667. The lowest BCUT2D eigenvalue weighted by Crippen LogP contribution is -1.93. The van der Waals surface area contributed by atoms with E-state index in [2.05, 4.69) is 0 Å². The van der Waals surface area contributed by atoms with Gasteiger partial charge >= 0.3 is 5.97 Å². The summed E-state index contributed by atoms with van der Waals surface area (Å²) in [5.41, 5.74) is 0. The number of hydrogen-bond donors (Lipinski definition) is 1. The van der Waals surface area contributed by atoms with E-state index in [1.165, 1.54) is 0 Å². The van der Waals surface area contributed by atoms with Gasteiger partial charge in [-0.25, -0.2) is 0 Å². The molecule has 0 aromatic rings. The maximum atomic E-state index is 9.84. The maximum absolute atomic E-state index is 9.84. The lowest BCUT2D eigenvalue weighted by molar-refractivity contribution is -0.136. The standard InChI is InChI=1S/C6H11O2/c1-2-3-4-5-6(7)8/h4H,2-3,5H2,1H3,(H,7,8). The van der Waals surface area contributed by atoms with E-state index in [1.807, 2.05) is 6.92 Å². The summed E-state index contributed by atoms with van der Waals surface area (Å²) in [5, 5.41) is 8.11. The van der Waals surface area contributed by atoms with Gasteiger partial charge in [-0.3, -0.25) is 4.79 Å². The Kier molecular flexibility index (Phi) is 4.32. The number of carboxylic acids is 1.